The molecule has 1 unspecified atom stereocenters. The van der Waals surface area contributed by atoms with Crippen molar-refractivity contribution in [2.45, 2.75) is 43.9 Å². The van der Waals surface area contributed by atoms with Gasteiger partial charge in [0.15, 0.2) is 0 Å². The molecule has 0 spiro atoms. The Balaban J connectivity index is 1.40. The van der Waals surface area contributed by atoms with Gasteiger partial charge in [-0.2, -0.15) is 5.26 Å². The lowest BCUT2D eigenvalue weighted by Gasteiger charge is -2.29. The minimum absolute atomic E-state index is 0.380. The summed E-state index contributed by atoms with van der Waals surface area (Å²) in [5.41, 5.74) is 3.52. The molecular weight excluding hydrogens is 424 g/mol. The van der Waals surface area contributed by atoms with Gasteiger partial charge in [-0.3, -0.25) is 0 Å². The predicted octanol–water partition coefficient (Wildman–Crippen LogP) is 7.08. The fraction of sp³-hybridized carbons (Fsp3) is 0.367. The van der Waals surface area contributed by atoms with Gasteiger partial charge in [-0.15, -0.1) is 0 Å². The van der Waals surface area contributed by atoms with Crippen molar-refractivity contribution in [2.75, 3.05) is 19.6 Å². The second-order valence-corrected chi connectivity index (χ2v) is 9.72. The van der Waals surface area contributed by atoms with E-state index in [4.69, 9.17) is 11.6 Å². The molecule has 3 aromatic rings. The molecule has 0 aromatic heterocycles. The van der Waals surface area contributed by atoms with Crippen LogP contribution < -0.4 is 0 Å². The zero-order valence-corrected chi connectivity index (χ0v) is 20.1. The molecule has 1 fully saturated rings. The number of rotatable bonds is 12. The van der Waals surface area contributed by atoms with Crippen LogP contribution in [0.3, 0.4) is 0 Å². The van der Waals surface area contributed by atoms with E-state index >= 15 is 0 Å². The van der Waals surface area contributed by atoms with Crippen LogP contribution in [0, 0.1) is 17.2 Å². The average molecular weight is 457 g/mol. The highest BCUT2D eigenvalue weighted by molar-refractivity contribution is 6.30. The Kier molecular flexibility index (Phi) is 8.21. The van der Waals surface area contributed by atoms with Gasteiger partial charge in [0.05, 0.1) is 11.5 Å². The molecule has 4 rings (SSSR count). The maximum absolute atomic E-state index is 10.3. The molecule has 0 saturated heterocycles. The molecule has 170 valence electrons. The van der Waals surface area contributed by atoms with Crippen molar-refractivity contribution >= 4 is 11.6 Å². The van der Waals surface area contributed by atoms with Gasteiger partial charge in [-0.05, 0) is 79.8 Å². The van der Waals surface area contributed by atoms with Gasteiger partial charge in [0.2, 0.25) is 0 Å². The largest absolute Gasteiger partial charge is 0.303 e. The third kappa shape index (κ3) is 6.47. The average Bonchev–Trinajstić information content (AvgIpc) is 3.71. The van der Waals surface area contributed by atoms with Crippen LogP contribution in [-0.2, 0) is 18.3 Å². The molecule has 3 heteroatoms. The van der Waals surface area contributed by atoms with Gasteiger partial charge in [0.25, 0.3) is 0 Å². The van der Waals surface area contributed by atoms with Crippen LogP contribution in [0.25, 0.3) is 0 Å². The van der Waals surface area contributed by atoms with Crippen LogP contribution in [0.1, 0.15) is 42.4 Å². The standard InChI is InChI=1S/C30H33ClN2/c31-29-16-14-28(15-17-29)30(24-32,27-12-13-27)20-7-21-33(22-18-25-8-3-1-4-9-25)23-19-26-10-5-2-6-11-26/h1-6,8-11,14-17,27H,7,12-13,18-23H2. The van der Waals surface area contributed by atoms with E-state index in [1.807, 2.05) is 12.1 Å². The number of nitriles is 1. The number of hydrogen-bond acceptors (Lipinski definition) is 2. The molecule has 2 nitrogen and oxygen atoms in total. The molecule has 1 aliphatic rings. The third-order valence-corrected chi connectivity index (χ3v) is 7.25. The molecule has 1 aliphatic carbocycles. The monoisotopic (exact) mass is 456 g/mol. The van der Waals surface area contributed by atoms with E-state index in [0.29, 0.717) is 5.92 Å². The third-order valence-electron chi connectivity index (χ3n) is 7.00. The Morgan fingerprint density at radius 1 is 0.788 bits per heavy atom. The molecule has 0 radical (unpaired) electrons. The van der Waals surface area contributed by atoms with E-state index in [0.717, 1.165) is 68.7 Å². The summed E-state index contributed by atoms with van der Waals surface area (Å²) in [7, 11) is 0. The Bertz CT molecular complexity index is 979. The van der Waals surface area contributed by atoms with E-state index in [1.54, 1.807) is 0 Å². The summed E-state index contributed by atoms with van der Waals surface area (Å²) in [5.74, 6) is 0.478. The fourth-order valence-corrected chi connectivity index (χ4v) is 5.03. The first-order valence-electron chi connectivity index (χ1n) is 12.2. The SMILES string of the molecule is N#CC(CCCN(CCc1ccccc1)CCc1ccccc1)(c1ccc(Cl)cc1)C1CC1. The lowest BCUT2D eigenvalue weighted by atomic mass is 9.74. The predicted molar refractivity (Wildman–Crippen MR) is 137 cm³/mol. The summed E-state index contributed by atoms with van der Waals surface area (Å²) in [6.45, 7) is 3.10. The van der Waals surface area contributed by atoms with Crippen molar-refractivity contribution in [2.24, 2.45) is 5.92 Å². The van der Waals surface area contributed by atoms with Crippen molar-refractivity contribution in [3.63, 3.8) is 0 Å². The Labute approximate surface area is 203 Å². The first kappa shape index (κ1) is 23.6. The van der Waals surface area contributed by atoms with Crippen LogP contribution >= 0.6 is 11.6 Å². The molecule has 0 heterocycles. The summed E-state index contributed by atoms with van der Waals surface area (Å²) in [6.07, 6.45) is 6.35. The van der Waals surface area contributed by atoms with Gasteiger partial charge in [-0.25, -0.2) is 0 Å². The number of benzene rings is 3. The van der Waals surface area contributed by atoms with Crippen LogP contribution in [0.2, 0.25) is 5.02 Å². The van der Waals surface area contributed by atoms with E-state index in [1.165, 1.54) is 11.1 Å². The summed E-state index contributed by atoms with van der Waals surface area (Å²) in [6, 6.07) is 32.2. The first-order chi connectivity index (χ1) is 16.2. The minimum atomic E-state index is -0.380. The van der Waals surface area contributed by atoms with Crippen molar-refractivity contribution in [3.8, 4) is 6.07 Å². The van der Waals surface area contributed by atoms with E-state index in [9.17, 15) is 5.26 Å². The number of nitrogens with zero attached hydrogens (tertiary/aromatic N) is 2. The van der Waals surface area contributed by atoms with E-state index in [-0.39, 0.29) is 5.41 Å². The zero-order chi connectivity index (χ0) is 22.9. The molecule has 0 amide bonds. The Morgan fingerprint density at radius 2 is 1.33 bits per heavy atom. The Morgan fingerprint density at radius 3 is 1.82 bits per heavy atom. The maximum atomic E-state index is 10.3. The molecule has 3 aromatic carbocycles. The lowest BCUT2D eigenvalue weighted by Crippen LogP contribution is -2.32. The number of hydrogen-bond donors (Lipinski definition) is 0. The second kappa shape index (κ2) is 11.5. The van der Waals surface area contributed by atoms with Crippen molar-refractivity contribution in [1.29, 1.82) is 5.26 Å². The molecule has 0 bridgehead atoms. The highest BCUT2D eigenvalue weighted by Crippen LogP contribution is 2.50. The normalized spacial score (nSPS) is 15.2. The zero-order valence-electron chi connectivity index (χ0n) is 19.3. The number of halogens is 1. The molecule has 0 N–H and O–H groups in total. The maximum Gasteiger partial charge on any atom is 0.0850 e. The van der Waals surface area contributed by atoms with Crippen LogP contribution in [0.15, 0.2) is 84.9 Å². The molecule has 0 aliphatic heterocycles. The van der Waals surface area contributed by atoms with Crippen LogP contribution in [-0.4, -0.2) is 24.5 Å². The van der Waals surface area contributed by atoms with Gasteiger partial charge in [0, 0.05) is 18.1 Å². The van der Waals surface area contributed by atoms with E-state index in [2.05, 4.69) is 83.8 Å². The van der Waals surface area contributed by atoms with Gasteiger partial charge in [0.1, 0.15) is 0 Å². The van der Waals surface area contributed by atoms with Gasteiger partial charge >= 0.3 is 0 Å². The summed E-state index contributed by atoms with van der Waals surface area (Å²) < 4.78 is 0. The van der Waals surface area contributed by atoms with Crippen molar-refractivity contribution in [3.05, 3.63) is 107 Å². The van der Waals surface area contributed by atoms with Crippen LogP contribution in [0.5, 0.6) is 0 Å². The Hall–Kier alpha value is -2.60. The fourth-order valence-electron chi connectivity index (χ4n) is 4.90. The van der Waals surface area contributed by atoms with Gasteiger partial charge in [-0.1, -0.05) is 84.4 Å². The minimum Gasteiger partial charge on any atom is -0.303 e. The second-order valence-electron chi connectivity index (χ2n) is 9.28. The molecule has 33 heavy (non-hydrogen) atoms. The molecule has 1 saturated carbocycles. The summed E-state index contributed by atoms with van der Waals surface area (Å²) in [4.78, 5) is 2.58. The summed E-state index contributed by atoms with van der Waals surface area (Å²) >= 11 is 6.13. The van der Waals surface area contributed by atoms with Gasteiger partial charge < -0.3 is 4.90 Å². The molecule has 1 atom stereocenters. The first-order valence-corrected chi connectivity index (χ1v) is 12.5. The highest BCUT2D eigenvalue weighted by atomic mass is 35.5. The van der Waals surface area contributed by atoms with Crippen molar-refractivity contribution in [1.82, 2.24) is 4.90 Å². The summed E-state index contributed by atoms with van der Waals surface area (Å²) in [5, 5.41) is 11.0. The quantitative estimate of drug-likeness (QED) is 0.291. The highest BCUT2D eigenvalue weighted by Gasteiger charge is 2.46. The van der Waals surface area contributed by atoms with Crippen molar-refractivity contribution < 1.29 is 0 Å². The molecular formula is C30H33ClN2. The lowest BCUT2D eigenvalue weighted by molar-refractivity contribution is 0.262. The van der Waals surface area contributed by atoms with E-state index < -0.39 is 0 Å². The van der Waals surface area contributed by atoms with Crippen LogP contribution in [0.4, 0.5) is 0 Å². The topological polar surface area (TPSA) is 27.0 Å². The smallest absolute Gasteiger partial charge is 0.0850 e.